The van der Waals surface area contributed by atoms with Gasteiger partial charge in [-0.25, -0.2) is 0 Å². The third-order valence-electron chi connectivity index (χ3n) is 3.94. The Hall–Kier alpha value is -2.08. The second-order valence-corrected chi connectivity index (χ2v) is 6.67. The number of nitrogens with zero attached hydrogens (tertiary/aromatic N) is 1. The van der Waals surface area contributed by atoms with Crippen LogP contribution in [-0.2, 0) is 11.3 Å². The van der Waals surface area contributed by atoms with Crippen LogP contribution in [0.4, 0.5) is 0 Å². The Bertz CT molecular complexity index is 742. The van der Waals surface area contributed by atoms with Gasteiger partial charge >= 0.3 is 0 Å². The zero-order chi connectivity index (χ0) is 15.8. The van der Waals surface area contributed by atoms with E-state index < -0.39 is 0 Å². The van der Waals surface area contributed by atoms with Crippen LogP contribution in [0.1, 0.15) is 22.5 Å². The lowest BCUT2D eigenvalue weighted by molar-refractivity contribution is -0.128. The highest BCUT2D eigenvalue weighted by Gasteiger charge is 2.34. The zero-order valence-electron chi connectivity index (χ0n) is 12.8. The molecule has 4 rings (SSSR count). The van der Waals surface area contributed by atoms with Gasteiger partial charge in [0.15, 0.2) is 11.5 Å². The fourth-order valence-corrected chi connectivity index (χ4v) is 4.03. The summed E-state index contributed by atoms with van der Waals surface area (Å²) in [6.45, 7) is 3.52. The normalized spacial score (nSPS) is 20.1. The minimum absolute atomic E-state index is 0.0243. The molecule has 5 nitrogen and oxygen atoms in total. The molecule has 0 spiro atoms. The standard InChI is InChI=1S/C17H17NO4S/c1-11-2-4-13(22-11)9-18-16(19)10-23-17(18)12-3-5-14-15(8-12)21-7-6-20-14/h2-5,8,17H,6-7,9-10H2,1H3. The molecule has 0 saturated carbocycles. The average Bonchev–Trinajstić information content (AvgIpc) is 3.14. The van der Waals surface area contributed by atoms with Gasteiger partial charge in [0, 0.05) is 0 Å². The third-order valence-corrected chi connectivity index (χ3v) is 5.20. The molecular weight excluding hydrogens is 314 g/mol. The van der Waals surface area contributed by atoms with Gasteiger partial charge in [-0.2, -0.15) is 0 Å². The topological polar surface area (TPSA) is 51.9 Å². The predicted octanol–water partition coefficient (Wildman–Crippen LogP) is 3.13. The minimum atomic E-state index is -0.0243. The van der Waals surface area contributed by atoms with Crippen LogP contribution >= 0.6 is 11.8 Å². The van der Waals surface area contributed by atoms with E-state index in [1.165, 1.54) is 0 Å². The molecule has 2 aromatic rings. The Balaban J connectivity index is 1.60. The summed E-state index contributed by atoms with van der Waals surface area (Å²) in [5.74, 6) is 3.80. The van der Waals surface area contributed by atoms with Crippen molar-refractivity contribution < 1.29 is 18.7 Å². The molecule has 23 heavy (non-hydrogen) atoms. The lowest BCUT2D eigenvalue weighted by atomic mass is 10.1. The molecule has 6 heteroatoms. The number of ether oxygens (including phenoxy) is 2. The monoisotopic (exact) mass is 331 g/mol. The molecule has 1 unspecified atom stereocenters. The first-order valence-corrected chi connectivity index (χ1v) is 8.61. The smallest absolute Gasteiger partial charge is 0.234 e. The first-order valence-electron chi connectivity index (χ1n) is 7.56. The molecule has 0 aliphatic carbocycles. The van der Waals surface area contributed by atoms with Crippen LogP contribution in [0.15, 0.2) is 34.7 Å². The van der Waals surface area contributed by atoms with E-state index in [1.54, 1.807) is 11.8 Å². The molecule has 0 radical (unpaired) electrons. The van der Waals surface area contributed by atoms with Gasteiger partial charge in [-0.15, -0.1) is 11.8 Å². The quantitative estimate of drug-likeness (QED) is 0.865. The van der Waals surface area contributed by atoms with Crippen LogP contribution < -0.4 is 9.47 Å². The first kappa shape index (κ1) is 14.5. The average molecular weight is 331 g/mol. The van der Waals surface area contributed by atoms with E-state index in [1.807, 2.05) is 42.2 Å². The van der Waals surface area contributed by atoms with E-state index in [2.05, 4.69) is 0 Å². The van der Waals surface area contributed by atoms with E-state index in [4.69, 9.17) is 13.9 Å². The number of hydrogen-bond acceptors (Lipinski definition) is 5. The predicted molar refractivity (Wildman–Crippen MR) is 86.6 cm³/mol. The number of furan rings is 1. The second kappa shape index (κ2) is 5.85. The van der Waals surface area contributed by atoms with Crippen molar-refractivity contribution in [2.45, 2.75) is 18.8 Å². The van der Waals surface area contributed by atoms with Crippen LogP contribution in [0.3, 0.4) is 0 Å². The van der Waals surface area contributed by atoms with Gasteiger partial charge in [0.25, 0.3) is 0 Å². The van der Waals surface area contributed by atoms with Gasteiger partial charge in [0.2, 0.25) is 5.91 Å². The Morgan fingerprint density at radius 2 is 2.00 bits per heavy atom. The van der Waals surface area contributed by atoms with Crippen molar-refractivity contribution in [2.24, 2.45) is 0 Å². The molecule has 1 fully saturated rings. The molecule has 1 saturated heterocycles. The van der Waals surface area contributed by atoms with Crippen LogP contribution in [0.25, 0.3) is 0 Å². The molecule has 0 bridgehead atoms. The largest absolute Gasteiger partial charge is 0.486 e. The van der Waals surface area contributed by atoms with E-state index in [-0.39, 0.29) is 11.3 Å². The van der Waals surface area contributed by atoms with Crippen LogP contribution in [0, 0.1) is 6.92 Å². The molecule has 2 aliphatic rings. The fraction of sp³-hybridized carbons (Fsp3) is 0.353. The summed E-state index contributed by atoms with van der Waals surface area (Å²) >= 11 is 1.63. The summed E-state index contributed by atoms with van der Waals surface area (Å²) < 4.78 is 16.8. The zero-order valence-corrected chi connectivity index (χ0v) is 13.6. The summed E-state index contributed by atoms with van der Waals surface area (Å²) in [4.78, 5) is 14.1. The molecule has 120 valence electrons. The number of benzene rings is 1. The van der Waals surface area contributed by atoms with Crippen molar-refractivity contribution >= 4 is 17.7 Å². The first-order chi connectivity index (χ1) is 11.2. The Kier molecular flexibility index (Phi) is 3.69. The molecule has 2 aliphatic heterocycles. The van der Waals surface area contributed by atoms with Crippen molar-refractivity contribution in [1.82, 2.24) is 4.90 Å². The van der Waals surface area contributed by atoms with E-state index in [0.29, 0.717) is 25.5 Å². The number of thioether (sulfide) groups is 1. The number of carbonyl (C=O) groups is 1. The molecule has 1 aromatic heterocycles. The van der Waals surface area contributed by atoms with Gasteiger partial charge in [0.05, 0.1) is 12.3 Å². The van der Waals surface area contributed by atoms with E-state index in [0.717, 1.165) is 28.6 Å². The number of hydrogen-bond donors (Lipinski definition) is 0. The number of carbonyl (C=O) groups excluding carboxylic acids is 1. The highest BCUT2D eigenvalue weighted by Crippen LogP contribution is 2.42. The molecule has 1 aromatic carbocycles. The summed E-state index contributed by atoms with van der Waals surface area (Å²) in [6, 6.07) is 9.74. The van der Waals surface area contributed by atoms with Crippen LogP contribution in [0.2, 0.25) is 0 Å². The fourth-order valence-electron chi connectivity index (χ4n) is 2.85. The molecule has 0 N–H and O–H groups in total. The Morgan fingerprint density at radius 1 is 1.17 bits per heavy atom. The van der Waals surface area contributed by atoms with Crippen LogP contribution in [0.5, 0.6) is 11.5 Å². The summed E-state index contributed by atoms with van der Waals surface area (Å²) in [5, 5.41) is -0.0243. The van der Waals surface area contributed by atoms with Gasteiger partial charge < -0.3 is 18.8 Å². The SMILES string of the molecule is Cc1ccc(CN2C(=O)CSC2c2ccc3c(c2)OCCO3)o1. The van der Waals surface area contributed by atoms with Crippen molar-refractivity contribution in [3.8, 4) is 11.5 Å². The van der Waals surface area contributed by atoms with Crippen molar-refractivity contribution in [2.75, 3.05) is 19.0 Å². The van der Waals surface area contributed by atoms with Crippen molar-refractivity contribution in [3.63, 3.8) is 0 Å². The van der Waals surface area contributed by atoms with E-state index in [9.17, 15) is 4.79 Å². The maximum absolute atomic E-state index is 12.3. The number of amides is 1. The third kappa shape index (κ3) is 2.79. The van der Waals surface area contributed by atoms with Gasteiger partial charge in [0.1, 0.15) is 30.1 Å². The second-order valence-electron chi connectivity index (χ2n) is 5.60. The number of aryl methyl sites for hydroxylation is 1. The minimum Gasteiger partial charge on any atom is -0.486 e. The van der Waals surface area contributed by atoms with Crippen molar-refractivity contribution in [1.29, 1.82) is 0 Å². The lowest BCUT2D eigenvalue weighted by Gasteiger charge is -2.25. The van der Waals surface area contributed by atoms with Crippen LogP contribution in [-0.4, -0.2) is 29.8 Å². The van der Waals surface area contributed by atoms with Gasteiger partial charge in [-0.3, -0.25) is 4.79 Å². The van der Waals surface area contributed by atoms with Crippen molar-refractivity contribution in [3.05, 3.63) is 47.4 Å². The van der Waals surface area contributed by atoms with Gasteiger partial charge in [-0.05, 0) is 36.8 Å². The lowest BCUT2D eigenvalue weighted by Crippen LogP contribution is -2.27. The van der Waals surface area contributed by atoms with E-state index >= 15 is 0 Å². The maximum atomic E-state index is 12.3. The molecule has 1 amide bonds. The Labute approximate surface area is 138 Å². The summed E-state index contributed by atoms with van der Waals surface area (Å²) in [5.41, 5.74) is 1.05. The number of fused-ring (bicyclic) bond motifs is 1. The maximum Gasteiger partial charge on any atom is 0.234 e. The highest BCUT2D eigenvalue weighted by molar-refractivity contribution is 8.00. The summed E-state index contributed by atoms with van der Waals surface area (Å²) in [6.07, 6.45) is 0. The highest BCUT2D eigenvalue weighted by atomic mass is 32.2. The van der Waals surface area contributed by atoms with Gasteiger partial charge in [-0.1, -0.05) is 6.07 Å². The molecule has 3 heterocycles. The number of rotatable bonds is 3. The molecule has 1 atom stereocenters. The Morgan fingerprint density at radius 3 is 2.78 bits per heavy atom. The summed E-state index contributed by atoms with van der Waals surface area (Å²) in [7, 11) is 0. The molecular formula is C17H17NO4S.